The molecule has 1 aromatic carbocycles. The van der Waals surface area contributed by atoms with Crippen molar-refractivity contribution in [1.82, 2.24) is 9.29 Å². The molecule has 1 aliphatic carbocycles. The number of thiazole rings is 1. The lowest BCUT2D eigenvalue weighted by Gasteiger charge is -2.26. The highest BCUT2D eigenvalue weighted by Gasteiger charge is 2.37. The van der Waals surface area contributed by atoms with E-state index in [0.717, 1.165) is 53.2 Å². The van der Waals surface area contributed by atoms with E-state index in [1.807, 2.05) is 30.3 Å². The molecule has 2 aromatic rings. The first-order valence-electron chi connectivity index (χ1n) is 8.67. The first kappa shape index (κ1) is 16.8. The monoisotopic (exact) mass is 372 g/mol. The van der Waals surface area contributed by atoms with Crippen molar-refractivity contribution in [3.8, 4) is 11.8 Å². The Hall–Kier alpha value is -1.68. The van der Waals surface area contributed by atoms with Crippen LogP contribution < -0.4 is 0 Å². The Balaban J connectivity index is 1.48. The van der Waals surface area contributed by atoms with Gasteiger partial charge in [0.05, 0.1) is 24.0 Å². The first-order valence-corrected chi connectivity index (χ1v) is 11.0. The summed E-state index contributed by atoms with van der Waals surface area (Å²) in [6, 6.07) is 9.81. The summed E-state index contributed by atoms with van der Waals surface area (Å²) in [5.41, 5.74) is 1.83. The van der Waals surface area contributed by atoms with Crippen molar-refractivity contribution < 1.29 is 8.42 Å². The van der Waals surface area contributed by atoms with Gasteiger partial charge in [0.1, 0.15) is 0 Å². The molecule has 4 rings (SSSR count). The maximum absolute atomic E-state index is 12.8. The second-order valence-electron chi connectivity index (χ2n) is 6.58. The van der Waals surface area contributed by atoms with Gasteiger partial charge in [-0.3, -0.25) is 0 Å². The zero-order chi connectivity index (χ0) is 17.3. The number of nitrogens with zero attached hydrogens (tertiary/aromatic N) is 2. The summed E-state index contributed by atoms with van der Waals surface area (Å²) in [7, 11) is -3.20. The number of hydrogen-bond acceptors (Lipinski definition) is 4. The molecule has 2 aliphatic rings. The van der Waals surface area contributed by atoms with Crippen molar-refractivity contribution in [1.29, 1.82) is 0 Å². The third-order valence-corrected chi connectivity index (χ3v) is 8.13. The van der Waals surface area contributed by atoms with Gasteiger partial charge in [0.2, 0.25) is 10.0 Å². The highest BCUT2D eigenvalue weighted by atomic mass is 32.2. The van der Waals surface area contributed by atoms with Crippen LogP contribution in [0.2, 0.25) is 0 Å². The Morgan fingerprint density at radius 2 is 1.80 bits per heavy atom. The van der Waals surface area contributed by atoms with Gasteiger partial charge in [-0.1, -0.05) is 43.4 Å². The minimum atomic E-state index is -3.20. The fourth-order valence-corrected chi connectivity index (χ4v) is 6.45. The van der Waals surface area contributed by atoms with Crippen molar-refractivity contribution in [3.63, 3.8) is 0 Å². The van der Waals surface area contributed by atoms with Crippen molar-refractivity contribution in [2.75, 3.05) is 0 Å². The number of aromatic nitrogens is 1. The second kappa shape index (κ2) is 6.91. The molecule has 130 valence electrons. The Morgan fingerprint density at radius 3 is 2.52 bits per heavy atom. The van der Waals surface area contributed by atoms with E-state index < -0.39 is 10.0 Å². The van der Waals surface area contributed by atoms with Gasteiger partial charge in [0.25, 0.3) is 0 Å². The molecule has 25 heavy (non-hydrogen) atoms. The predicted octanol–water partition coefficient (Wildman–Crippen LogP) is 3.52. The Kier molecular flexibility index (Phi) is 4.63. The van der Waals surface area contributed by atoms with E-state index in [4.69, 9.17) is 0 Å². The molecule has 0 N–H and O–H groups in total. The molecule has 4 nitrogen and oxygen atoms in total. The van der Waals surface area contributed by atoms with E-state index >= 15 is 0 Å². The highest BCUT2D eigenvalue weighted by Crippen LogP contribution is 2.34. The zero-order valence-electron chi connectivity index (χ0n) is 13.9. The largest absolute Gasteiger partial charge is 0.231 e. The number of hydrogen-bond donors (Lipinski definition) is 0. The van der Waals surface area contributed by atoms with Gasteiger partial charge >= 0.3 is 0 Å². The summed E-state index contributed by atoms with van der Waals surface area (Å²) in [4.78, 5) is 5.59. The van der Waals surface area contributed by atoms with Gasteiger partial charge < -0.3 is 0 Å². The summed E-state index contributed by atoms with van der Waals surface area (Å²) in [5.74, 6) is 6.21. The maximum Gasteiger partial charge on any atom is 0.217 e. The quantitative estimate of drug-likeness (QED) is 0.758. The molecule has 0 spiro atoms. The van der Waals surface area contributed by atoms with E-state index in [0.29, 0.717) is 13.1 Å². The number of rotatable bonds is 2. The SMILES string of the molecule is O=S(=O)(C1CCCCC1)N1Cc2nc(C#Cc3ccccc3)sc2C1. The van der Waals surface area contributed by atoms with E-state index in [-0.39, 0.29) is 5.25 Å². The van der Waals surface area contributed by atoms with Crippen LogP contribution in [-0.2, 0) is 23.1 Å². The molecule has 0 atom stereocenters. The molecule has 6 heteroatoms. The van der Waals surface area contributed by atoms with Gasteiger partial charge in [-0.2, -0.15) is 4.31 Å². The van der Waals surface area contributed by atoms with Crippen LogP contribution in [0.15, 0.2) is 30.3 Å². The molecule has 2 heterocycles. The fraction of sp³-hybridized carbons (Fsp3) is 0.421. The van der Waals surface area contributed by atoms with Crippen LogP contribution >= 0.6 is 11.3 Å². The van der Waals surface area contributed by atoms with Crippen LogP contribution in [0.25, 0.3) is 0 Å². The van der Waals surface area contributed by atoms with E-state index in [2.05, 4.69) is 16.8 Å². The van der Waals surface area contributed by atoms with Crippen LogP contribution in [0.5, 0.6) is 0 Å². The summed E-state index contributed by atoms with van der Waals surface area (Å²) in [6.45, 7) is 0.858. The summed E-state index contributed by atoms with van der Waals surface area (Å²) in [6.07, 6.45) is 4.81. The molecule has 1 aromatic heterocycles. The molecule has 0 saturated heterocycles. The maximum atomic E-state index is 12.8. The van der Waals surface area contributed by atoms with Crippen molar-refractivity contribution >= 4 is 21.4 Å². The zero-order valence-corrected chi connectivity index (χ0v) is 15.6. The second-order valence-corrected chi connectivity index (χ2v) is 9.87. The fourth-order valence-electron chi connectivity index (χ4n) is 3.47. The number of benzene rings is 1. The highest BCUT2D eigenvalue weighted by molar-refractivity contribution is 7.89. The number of sulfonamides is 1. The number of fused-ring (bicyclic) bond motifs is 1. The Labute approximate surface area is 153 Å². The first-order chi connectivity index (χ1) is 12.1. The summed E-state index contributed by atoms with van der Waals surface area (Å²) in [5, 5.41) is 0.566. The topological polar surface area (TPSA) is 50.3 Å². The lowest BCUT2D eigenvalue weighted by Crippen LogP contribution is -2.36. The van der Waals surface area contributed by atoms with Gasteiger partial charge in [-0.25, -0.2) is 13.4 Å². The minimum absolute atomic E-state index is 0.201. The predicted molar refractivity (Wildman–Crippen MR) is 99.6 cm³/mol. The van der Waals surface area contributed by atoms with Crippen LogP contribution in [0.3, 0.4) is 0 Å². The summed E-state index contributed by atoms with van der Waals surface area (Å²) >= 11 is 1.52. The van der Waals surface area contributed by atoms with E-state index in [1.165, 1.54) is 11.3 Å². The lowest BCUT2D eigenvalue weighted by molar-refractivity contribution is 0.399. The molecule has 0 amide bonds. The molecule has 0 unspecified atom stereocenters. The molecule has 0 bridgehead atoms. The van der Waals surface area contributed by atoms with Gasteiger partial charge in [0, 0.05) is 10.4 Å². The third-order valence-electron chi connectivity index (χ3n) is 4.85. The van der Waals surface area contributed by atoms with Crippen molar-refractivity contribution in [2.24, 2.45) is 0 Å². The van der Waals surface area contributed by atoms with Crippen LogP contribution in [-0.4, -0.2) is 23.0 Å². The van der Waals surface area contributed by atoms with Crippen molar-refractivity contribution in [3.05, 3.63) is 51.5 Å². The Bertz CT molecular complexity index is 894. The Morgan fingerprint density at radius 1 is 1.04 bits per heavy atom. The third kappa shape index (κ3) is 3.50. The van der Waals surface area contributed by atoms with Gasteiger partial charge in [0.15, 0.2) is 5.01 Å². The van der Waals surface area contributed by atoms with Gasteiger partial charge in [-0.05, 0) is 30.9 Å². The van der Waals surface area contributed by atoms with E-state index in [9.17, 15) is 8.42 Å². The van der Waals surface area contributed by atoms with Crippen molar-refractivity contribution in [2.45, 2.75) is 50.4 Å². The van der Waals surface area contributed by atoms with Crippen LogP contribution in [0.4, 0.5) is 0 Å². The lowest BCUT2D eigenvalue weighted by atomic mass is 10.0. The molecule has 1 fully saturated rings. The van der Waals surface area contributed by atoms with Crippen LogP contribution in [0, 0.1) is 11.8 Å². The average molecular weight is 373 g/mol. The average Bonchev–Trinajstić information content (AvgIpc) is 3.21. The smallest absolute Gasteiger partial charge is 0.217 e. The van der Waals surface area contributed by atoms with E-state index in [1.54, 1.807) is 4.31 Å². The van der Waals surface area contributed by atoms with Gasteiger partial charge in [-0.15, -0.1) is 11.3 Å². The van der Waals surface area contributed by atoms with Crippen LogP contribution in [0.1, 0.15) is 53.2 Å². The molecular formula is C19H20N2O2S2. The molecule has 1 saturated carbocycles. The standard InChI is InChI=1S/C19H20N2O2S2/c22-25(23,16-9-5-2-6-10-16)21-13-17-18(14-21)24-19(20-17)12-11-15-7-3-1-4-8-15/h1,3-4,7-8,16H,2,5-6,9-10,13-14H2. The normalized spacial score (nSPS) is 18.6. The molecular weight excluding hydrogens is 352 g/mol. The minimum Gasteiger partial charge on any atom is -0.231 e. The molecule has 1 aliphatic heterocycles. The summed E-state index contributed by atoms with van der Waals surface area (Å²) < 4.78 is 27.3. The molecule has 0 radical (unpaired) electrons.